The Morgan fingerprint density at radius 1 is 1.15 bits per heavy atom. The first-order valence-electron chi connectivity index (χ1n) is 12.3. The van der Waals surface area contributed by atoms with Gasteiger partial charge in [0, 0.05) is 28.2 Å². The Balaban J connectivity index is 1.40. The van der Waals surface area contributed by atoms with Crippen molar-refractivity contribution in [2.24, 2.45) is 11.7 Å². The summed E-state index contributed by atoms with van der Waals surface area (Å²) in [4.78, 5) is 8.02. The molecule has 3 N–H and O–H groups in total. The van der Waals surface area contributed by atoms with Crippen LogP contribution in [-0.2, 0) is 0 Å². The van der Waals surface area contributed by atoms with Gasteiger partial charge in [0.15, 0.2) is 11.4 Å². The summed E-state index contributed by atoms with van der Waals surface area (Å²) in [5.74, 6) is 2.48. The van der Waals surface area contributed by atoms with Gasteiger partial charge >= 0.3 is 0 Å². The largest absolute Gasteiger partial charge is 0.493 e. The summed E-state index contributed by atoms with van der Waals surface area (Å²) in [6.07, 6.45) is 11.0. The Labute approximate surface area is 194 Å². The lowest BCUT2D eigenvalue weighted by molar-refractivity contribution is 0.241. The molecule has 6 rings (SSSR count). The number of hydrogen-bond acceptors (Lipinski definition) is 4. The number of ether oxygens (including phenoxy) is 1. The van der Waals surface area contributed by atoms with Crippen LogP contribution in [-0.4, -0.2) is 32.2 Å². The monoisotopic (exact) mass is 443 g/mol. The molecule has 3 aromatic heterocycles. The molecular weight excluding hydrogens is 410 g/mol. The number of methoxy groups -OCH3 is 1. The van der Waals surface area contributed by atoms with Crippen molar-refractivity contribution in [2.45, 2.75) is 69.7 Å². The van der Waals surface area contributed by atoms with E-state index < -0.39 is 0 Å². The van der Waals surface area contributed by atoms with E-state index in [9.17, 15) is 0 Å². The van der Waals surface area contributed by atoms with Crippen molar-refractivity contribution in [3.05, 3.63) is 47.9 Å². The van der Waals surface area contributed by atoms with Crippen LogP contribution in [0.1, 0.15) is 75.3 Å². The maximum atomic E-state index is 6.76. The highest BCUT2D eigenvalue weighted by molar-refractivity contribution is 5.92. The van der Waals surface area contributed by atoms with Gasteiger partial charge in [0.05, 0.1) is 12.8 Å². The summed E-state index contributed by atoms with van der Waals surface area (Å²) >= 11 is 0. The molecule has 2 aliphatic rings. The minimum absolute atomic E-state index is 0.101. The second kappa shape index (κ2) is 7.59. The van der Waals surface area contributed by atoms with Crippen LogP contribution in [0.15, 0.2) is 36.8 Å². The summed E-state index contributed by atoms with van der Waals surface area (Å²) in [5, 5.41) is 5.67. The average Bonchev–Trinajstić information content (AvgIpc) is 3.46. The summed E-state index contributed by atoms with van der Waals surface area (Å²) in [6, 6.07) is 9.07. The second-order valence-electron chi connectivity index (χ2n) is 10.5. The number of aromatic amines is 1. The molecular formula is C27H33N5O. The number of pyridine rings is 1. The predicted octanol–water partition coefficient (Wildman–Crippen LogP) is 5.77. The van der Waals surface area contributed by atoms with E-state index in [4.69, 9.17) is 10.5 Å². The van der Waals surface area contributed by atoms with Gasteiger partial charge in [0.1, 0.15) is 6.33 Å². The van der Waals surface area contributed by atoms with E-state index in [0.29, 0.717) is 11.8 Å². The fourth-order valence-corrected chi connectivity index (χ4v) is 6.05. The highest BCUT2D eigenvalue weighted by Crippen LogP contribution is 2.49. The third kappa shape index (κ3) is 3.43. The Bertz CT molecular complexity index is 1320. The molecule has 172 valence electrons. The quantitative estimate of drug-likeness (QED) is 0.410. The molecule has 0 bridgehead atoms. The van der Waals surface area contributed by atoms with E-state index in [0.717, 1.165) is 41.4 Å². The average molecular weight is 444 g/mol. The van der Waals surface area contributed by atoms with Gasteiger partial charge in [0.25, 0.3) is 0 Å². The van der Waals surface area contributed by atoms with E-state index in [1.165, 1.54) is 47.7 Å². The number of benzene rings is 1. The Morgan fingerprint density at radius 3 is 2.64 bits per heavy atom. The van der Waals surface area contributed by atoms with Crippen molar-refractivity contribution >= 4 is 16.6 Å². The lowest BCUT2D eigenvalue weighted by Crippen LogP contribution is -2.45. The first kappa shape index (κ1) is 20.7. The summed E-state index contributed by atoms with van der Waals surface area (Å²) < 4.78 is 7.40. The normalized spacial score (nSPS) is 23.6. The van der Waals surface area contributed by atoms with Gasteiger partial charge < -0.3 is 15.5 Å². The molecule has 0 atom stereocenters. The van der Waals surface area contributed by atoms with Crippen LogP contribution in [0.25, 0.3) is 27.8 Å². The van der Waals surface area contributed by atoms with Crippen LogP contribution in [0.3, 0.4) is 0 Å². The fraction of sp³-hybridized carbons (Fsp3) is 0.481. The first-order valence-corrected chi connectivity index (χ1v) is 12.3. The third-order valence-electron chi connectivity index (χ3n) is 8.07. The minimum atomic E-state index is 0.101. The summed E-state index contributed by atoms with van der Waals surface area (Å²) in [5.41, 5.74) is 13.7. The third-order valence-corrected chi connectivity index (χ3v) is 8.07. The molecule has 2 aliphatic carbocycles. The van der Waals surface area contributed by atoms with Gasteiger partial charge in [-0.05, 0) is 85.6 Å². The van der Waals surface area contributed by atoms with Gasteiger partial charge in [-0.1, -0.05) is 19.9 Å². The van der Waals surface area contributed by atoms with Crippen molar-refractivity contribution < 1.29 is 4.74 Å². The van der Waals surface area contributed by atoms with E-state index in [1.807, 2.05) is 6.20 Å². The second-order valence-corrected chi connectivity index (χ2v) is 10.5. The molecule has 0 spiro atoms. The van der Waals surface area contributed by atoms with Gasteiger partial charge in [-0.3, -0.25) is 0 Å². The standard InChI is InChI=1S/C27H33N5O/c1-16(2)24-21-12-18(17-8-10-27(28,11-9-17)20-5-6-20)4-7-22(21)31-25(24)19-13-23(33-3)26-29-15-30-32(26)14-19/h4,7,12-17,20,31H,5-6,8-11,28H2,1-3H3. The fourth-order valence-electron chi connectivity index (χ4n) is 6.05. The van der Waals surface area contributed by atoms with Gasteiger partial charge in [-0.2, -0.15) is 5.10 Å². The molecule has 2 fully saturated rings. The highest BCUT2D eigenvalue weighted by atomic mass is 16.5. The number of H-pyrrole nitrogens is 1. The topological polar surface area (TPSA) is 81.2 Å². The molecule has 0 radical (unpaired) electrons. The van der Waals surface area contributed by atoms with E-state index in [2.05, 4.69) is 53.2 Å². The maximum absolute atomic E-state index is 6.76. The van der Waals surface area contributed by atoms with Crippen molar-refractivity contribution in [2.75, 3.05) is 7.11 Å². The number of rotatable bonds is 5. The Morgan fingerprint density at radius 2 is 1.94 bits per heavy atom. The van der Waals surface area contributed by atoms with Gasteiger partial charge in [0.2, 0.25) is 0 Å². The van der Waals surface area contributed by atoms with Crippen LogP contribution < -0.4 is 10.5 Å². The van der Waals surface area contributed by atoms with Crippen LogP contribution in [0.2, 0.25) is 0 Å². The first-order chi connectivity index (χ1) is 16.0. The van der Waals surface area contributed by atoms with Crippen LogP contribution in [0.4, 0.5) is 0 Å². The highest BCUT2D eigenvalue weighted by Gasteiger charge is 2.44. The number of nitrogens with zero attached hydrogens (tertiary/aromatic N) is 3. The zero-order chi connectivity index (χ0) is 22.7. The smallest absolute Gasteiger partial charge is 0.197 e. The number of hydrogen-bond donors (Lipinski definition) is 2. The zero-order valence-electron chi connectivity index (χ0n) is 19.8. The molecule has 4 aromatic rings. The SMILES string of the molecule is COc1cc(-c2[nH]c3ccc(C4CCC(N)(C5CC5)CC4)cc3c2C(C)C)cn2ncnc12. The van der Waals surface area contributed by atoms with E-state index in [-0.39, 0.29) is 5.54 Å². The number of nitrogens with one attached hydrogen (secondary N) is 1. The molecule has 0 aliphatic heterocycles. The molecule has 2 saturated carbocycles. The number of aromatic nitrogens is 4. The predicted molar refractivity (Wildman–Crippen MR) is 132 cm³/mol. The van der Waals surface area contributed by atoms with Crippen molar-refractivity contribution in [1.29, 1.82) is 0 Å². The lowest BCUT2D eigenvalue weighted by atomic mass is 9.72. The molecule has 0 amide bonds. The molecule has 0 unspecified atom stereocenters. The molecule has 0 saturated heterocycles. The molecule has 3 heterocycles. The lowest BCUT2D eigenvalue weighted by Gasteiger charge is -2.37. The minimum Gasteiger partial charge on any atom is -0.493 e. The number of fused-ring (bicyclic) bond motifs is 2. The molecule has 1 aromatic carbocycles. The van der Waals surface area contributed by atoms with Crippen molar-refractivity contribution in [3.8, 4) is 17.0 Å². The van der Waals surface area contributed by atoms with Gasteiger partial charge in [-0.25, -0.2) is 9.50 Å². The Kier molecular flexibility index (Phi) is 4.77. The van der Waals surface area contributed by atoms with Crippen molar-refractivity contribution in [1.82, 2.24) is 19.6 Å². The Hall–Kier alpha value is -2.86. The zero-order valence-corrected chi connectivity index (χ0v) is 19.8. The van der Waals surface area contributed by atoms with Crippen LogP contribution in [0, 0.1) is 5.92 Å². The van der Waals surface area contributed by atoms with E-state index in [1.54, 1.807) is 18.0 Å². The molecule has 33 heavy (non-hydrogen) atoms. The number of nitrogens with two attached hydrogens (primary N) is 1. The van der Waals surface area contributed by atoms with Gasteiger partial charge in [-0.15, -0.1) is 0 Å². The summed E-state index contributed by atoms with van der Waals surface area (Å²) in [6.45, 7) is 4.53. The summed E-state index contributed by atoms with van der Waals surface area (Å²) in [7, 11) is 1.68. The van der Waals surface area contributed by atoms with Crippen LogP contribution >= 0.6 is 0 Å². The van der Waals surface area contributed by atoms with Crippen molar-refractivity contribution in [3.63, 3.8) is 0 Å². The molecule has 6 heteroatoms. The molecule has 6 nitrogen and oxygen atoms in total. The van der Waals surface area contributed by atoms with E-state index >= 15 is 0 Å². The maximum Gasteiger partial charge on any atom is 0.197 e. The van der Waals surface area contributed by atoms with Crippen LogP contribution in [0.5, 0.6) is 5.75 Å².